The number of alkyl halides is 1. The lowest BCUT2D eigenvalue weighted by Gasteiger charge is -2.23. The van der Waals surface area contributed by atoms with Crippen molar-refractivity contribution in [3.8, 4) is 12.3 Å². The van der Waals surface area contributed by atoms with Crippen molar-refractivity contribution in [3.63, 3.8) is 0 Å². The second-order valence-electron chi connectivity index (χ2n) is 4.23. The Morgan fingerprint density at radius 1 is 1.70 bits per heavy atom. The van der Waals surface area contributed by atoms with Gasteiger partial charge in [0.1, 0.15) is 10.7 Å². The van der Waals surface area contributed by atoms with Crippen molar-refractivity contribution in [2.45, 2.75) is 24.1 Å². The average molecular weight is 304 g/mol. The fourth-order valence-corrected chi connectivity index (χ4v) is 2.06. The van der Waals surface area contributed by atoms with Gasteiger partial charge in [-0.1, -0.05) is 18.1 Å². The van der Waals surface area contributed by atoms with Crippen molar-refractivity contribution in [1.82, 2.24) is 9.55 Å². The minimum absolute atomic E-state index is 0.439. The number of terminal acetylenes is 1. The van der Waals surface area contributed by atoms with Crippen molar-refractivity contribution < 1.29 is 23.7 Å². The number of halogens is 2. The largest absolute Gasteiger partial charge is 0.392 e. The lowest BCUT2D eigenvalue weighted by Crippen LogP contribution is -2.44. The summed E-state index contributed by atoms with van der Waals surface area (Å²) in [6.07, 6.45) is 0.100. The summed E-state index contributed by atoms with van der Waals surface area (Å²) in [6, 6.07) is 0. The number of ether oxygens (including phenoxy) is 1. The Morgan fingerprint density at radius 3 is 2.85 bits per heavy atom. The van der Waals surface area contributed by atoms with E-state index in [0.717, 1.165) is 0 Å². The van der Waals surface area contributed by atoms with Gasteiger partial charge in [0.15, 0.2) is 23.8 Å². The Labute approximate surface area is 116 Å². The van der Waals surface area contributed by atoms with E-state index in [0.29, 0.717) is 10.8 Å². The van der Waals surface area contributed by atoms with Gasteiger partial charge >= 0.3 is 5.69 Å². The molecule has 6 nitrogen and oxygen atoms in total. The fourth-order valence-electron chi connectivity index (χ4n) is 1.92. The molecule has 108 valence electrons. The number of hydrogen-bond donors (Lipinski definition) is 3. The summed E-state index contributed by atoms with van der Waals surface area (Å²) < 4.78 is 32.6. The van der Waals surface area contributed by atoms with Gasteiger partial charge in [0.05, 0.1) is 12.8 Å². The third-order valence-electron chi connectivity index (χ3n) is 3.06. The maximum atomic E-state index is 14.0. The van der Waals surface area contributed by atoms with Gasteiger partial charge in [-0.15, -0.1) is 6.42 Å². The molecule has 1 aromatic rings. The molecule has 1 aliphatic heterocycles. The van der Waals surface area contributed by atoms with Gasteiger partial charge in [0, 0.05) is 0 Å². The predicted octanol–water partition coefficient (Wildman–Crippen LogP) is -0.363. The number of aromatic amines is 1. The normalized spacial score (nSPS) is 33.0. The first-order chi connectivity index (χ1) is 9.36. The van der Waals surface area contributed by atoms with Crippen LogP contribution in [0.3, 0.4) is 0 Å². The minimum Gasteiger partial charge on any atom is -0.392 e. The molecule has 20 heavy (non-hydrogen) atoms. The highest BCUT2D eigenvalue weighted by Crippen LogP contribution is 2.37. The molecule has 0 amide bonds. The summed E-state index contributed by atoms with van der Waals surface area (Å²) in [5, 5.41) is 18.9. The second kappa shape index (κ2) is 5.06. The average Bonchev–Trinajstić information content (AvgIpc) is 2.68. The fraction of sp³-hybridized carbons (Fsp3) is 0.455. The molecule has 0 aromatic carbocycles. The first kappa shape index (κ1) is 14.8. The number of nitrogens with one attached hydrogen (secondary N) is 1. The van der Waals surface area contributed by atoms with Crippen LogP contribution in [0.1, 0.15) is 6.23 Å². The molecule has 4 atom stereocenters. The van der Waals surface area contributed by atoms with Crippen molar-refractivity contribution >= 4 is 12.2 Å². The molecular weight excluding hydrogens is 294 g/mol. The lowest BCUT2D eigenvalue weighted by molar-refractivity contribution is -0.0925. The standard InChI is InChI=1S/C11H10F2N2O4S/c1-2-11(4-16)7(17)6(13)9(19-11)15-3-5(12)8(20)14-10(15)18/h1,3,6-7,9,16-17H,4H2,(H,14,18,20). The summed E-state index contributed by atoms with van der Waals surface area (Å²) in [7, 11) is 0. The number of rotatable bonds is 2. The Balaban J connectivity index is 2.51. The van der Waals surface area contributed by atoms with E-state index < -0.39 is 46.9 Å². The molecule has 0 spiro atoms. The first-order valence-corrected chi connectivity index (χ1v) is 5.86. The molecule has 2 rings (SSSR count). The van der Waals surface area contributed by atoms with Crippen molar-refractivity contribution in [2.24, 2.45) is 0 Å². The maximum absolute atomic E-state index is 14.0. The predicted molar refractivity (Wildman–Crippen MR) is 65.5 cm³/mol. The quantitative estimate of drug-likeness (QED) is 0.513. The monoisotopic (exact) mass is 304 g/mol. The number of H-pyrrole nitrogens is 1. The van der Waals surface area contributed by atoms with Crippen LogP contribution in [0.4, 0.5) is 8.78 Å². The molecule has 4 unspecified atom stereocenters. The summed E-state index contributed by atoms with van der Waals surface area (Å²) in [5.74, 6) is 0.985. The molecule has 3 N–H and O–H groups in total. The topological polar surface area (TPSA) is 87.5 Å². The molecule has 9 heteroatoms. The van der Waals surface area contributed by atoms with Crippen LogP contribution < -0.4 is 5.69 Å². The highest BCUT2D eigenvalue weighted by molar-refractivity contribution is 7.71. The van der Waals surface area contributed by atoms with Crippen molar-refractivity contribution in [1.29, 1.82) is 0 Å². The van der Waals surface area contributed by atoms with E-state index in [1.54, 1.807) is 0 Å². The van der Waals surface area contributed by atoms with Crippen LogP contribution in [0.15, 0.2) is 11.0 Å². The number of hydrogen-bond acceptors (Lipinski definition) is 5. The van der Waals surface area contributed by atoms with E-state index >= 15 is 0 Å². The molecule has 1 aliphatic rings. The van der Waals surface area contributed by atoms with E-state index in [2.05, 4.69) is 12.2 Å². The zero-order chi connectivity index (χ0) is 15.1. The number of aliphatic hydroxyl groups excluding tert-OH is 2. The molecule has 1 saturated heterocycles. The Morgan fingerprint density at radius 2 is 2.35 bits per heavy atom. The third kappa shape index (κ3) is 2.06. The van der Waals surface area contributed by atoms with Gasteiger partial charge in [-0.3, -0.25) is 9.55 Å². The van der Waals surface area contributed by atoms with Crippen molar-refractivity contribution in [3.05, 3.63) is 27.1 Å². The van der Waals surface area contributed by atoms with E-state index in [1.807, 2.05) is 10.9 Å². The zero-order valence-electron chi connectivity index (χ0n) is 9.92. The minimum atomic E-state index is -2.13. The molecule has 1 aromatic heterocycles. The van der Waals surface area contributed by atoms with Crippen LogP contribution in [0.25, 0.3) is 0 Å². The second-order valence-corrected chi connectivity index (χ2v) is 4.64. The van der Waals surface area contributed by atoms with Crippen molar-refractivity contribution in [2.75, 3.05) is 6.61 Å². The van der Waals surface area contributed by atoms with Crippen LogP contribution in [-0.4, -0.2) is 44.2 Å². The summed E-state index contributed by atoms with van der Waals surface area (Å²) in [5.41, 5.74) is -2.92. The molecule has 2 heterocycles. The molecule has 0 saturated carbocycles. The van der Waals surface area contributed by atoms with Gasteiger partial charge in [0.2, 0.25) is 0 Å². The number of aliphatic hydroxyl groups is 2. The number of aromatic nitrogens is 2. The molecule has 1 fully saturated rings. The van der Waals surface area contributed by atoms with Crippen LogP contribution in [-0.2, 0) is 4.74 Å². The van der Waals surface area contributed by atoms with Gasteiger partial charge in [-0.05, 0) is 0 Å². The molecule has 0 aliphatic carbocycles. The first-order valence-electron chi connectivity index (χ1n) is 5.46. The maximum Gasteiger partial charge on any atom is 0.328 e. The number of nitrogens with zero attached hydrogens (tertiary/aromatic N) is 1. The van der Waals surface area contributed by atoms with Gasteiger partial charge < -0.3 is 14.9 Å². The Kier molecular flexibility index (Phi) is 3.75. The zero-order valence-corrected chi connectivity index (χ0v) is 10.7. The van der Waals surface area contributed by atoms with E-state index in [-0.39, 0.29) is 0 Å². The van der Waals surface area contributed by atoms with Gasteiger partial charge in [0.25, 0.3) is 0 Å². The SMILES string of the molecule is C#CC1(CO)OC(n2cc(F)c(=S)[nH]c2=O)C(F)C1O. The smallest absolute Gasteiger partial charge is 0.328 e. The Bertz CT molecular complexity index is 682. The summed E-state index contributed by atoms with van der Waals surface area (Å²) in [4.78, 5) is 13.6. The van der Waals surface area contributed by atoms with Gasteiger partial charge in [-0.25, -0.2) is 13.6 Å². The van der Waals surface area contributed by atoms with Gasteiger partial charge in [-0.2, -0.15) is 0 Å². The summed E-state index contributed by atoms with van der Waals surface area (Å²) >= 11 is 4.52. The third-order valence-corrected chi connectivity index (χ3v) is 3.36. The van der Waals surface area contributed by atoms with E-state index in [9.17, 15) is 18.7 Å². The van der Waals surface area contributed by atoms with Crippen LogP contribution in [0, 0.1) is 22.8 Å². The van der Waals surface area contributed by atoms with Crippen LogP contribution in [0.5, 0.6) is 0 Å². The van der Waals surface area contributed by atoms with E-state index in [4.69, 9.17) is 16.3 Å². The van der Waals surface area contributed by atoms with Crippen LogP contribution >= 0.6 is 12.2 Å². The highest BCUT2D eigenvalue weighted by Gasteiger charge is 2.55. The highest BCUT2D eigenvalue weighted by atomic mass is 32.1. The molecule has 0 radical (unpaired) electrons. The summed E-state index contributed by atoms with van der Waals surface area (Å²) in [6.45, 7) is -0.859. The van der Waals surface area contributed by atoms with Crippen LogP contribution in [0.2, 0.25) is 0 Å². The molecule has 0 bridgehead atoms. The Hall–Kier alpha value is -1.60. The molecular formula is C11H10F2N2O4S. The lowest BCUT2D eigenvalue weighted by atomic mass is 9.98. The van der Waals surface area contributed by atoms with E-state index in [1.165, 1.54) is 0 Å².